The maximum atomic E-state index is 11.3. The third-order valence-corrected chi connectivity index (χ3v) is 3.54. The van der Waals surface area contributed by atoms with Gasteiger partial charge in [-0.2, -0.15) is 0 Å². The van der Waals surface area contributed by atoms with Crippen LogP contribution < -0.4 is 5.32 Å². The molecule has 0 aliphatic carbocycles. The smallest absolute Gasteiger partial charge is 0.0498 e. The molecule has 0 aromatic heterocycles. The van der Waals surface area contributed by atoms with E-state index < -0.39 is 10.8 Å². The second kappa shape index (κ2) is 4.24. The standard InChI is InChI=1S/C11H15NOS/c1-14(13)11-5-4-9-3-2-6-12-8-10(9)7-11/h4-5,7,12H,2-3,6,8H2,1H3. The SMILES string of the molecule is CS(=O)c1ccc2c(c1)CNCCC2. The van der Waals surface area contributed by atoms with Crippen LogP contribution >= 0.6 is 0 Å². The third-order valence-electron chi connectivity index (χ3n) is 2.62. The van der Waals surface area contributed by atoms with Crippen molar-refractivity contribution in [3.05, 3.63) is 29.3 Å². The zero-order valence-corrected chi connectivity index (χ0v) is 9.19. The third kappa shape index (κ3) is 2.04. The number of rotatable bonds is 1. The Morgan fingerprint density at radius 2 is 2.21 bits per heavy atom. The number of hydrogen-bond donors (Lipinski definition) is 1. The molecular weight excluding hydrogens is 194 g/mol. The van der Waals surface area contributed by atoms with Gasteiger partial charge in [0.05, 0.1) is 0 Å². The van der Waals surface area contributed by atoms with Crippen molar-refractivity contribution in [3.8, 4) is 0 Å². The van der Waals surface area contributed by atoms with Crippen LogP contribution in [0.3, 0.4) is 0 Å². The van der Waals surface area contributed by atoms with Gasteiger partial charge in [0.25, 0.3) is 0 Å². The van der Waals surface area contributed by atoms with Crippen LogP contribution in [0, 0.1) is 0 Å². The molecule has 1 heterocycles. The average molecular weight is 209 g/mol. The van der Waals surface area contributed by atoms with E-state index in [1.807, 2.05) is 6.07 Å². The fraction of sp³-hybridized carbons (Fsp3) is 0.455. The molecule has 1 aromatic rings. The molecule has 76 valence electrons. The minimum absolute atomic E-state index is 0.860. The van der Waals surface area contributed by atoms with E-state index in [0.29, 0.717) is 0 Å². The molecule has 0 bridgehead atoms. The molecule has 0 saturated heterocycles. The zero-order valence-electron chi connectivity index (χ0n) is 8.38. The van der Waals surface area contributed by atoms with Gasteiger partial charge in [-0.1, -0.05) is 6.07 Å². The molecule has 1 aromatic carbocycles. The van der Waals surface area contributed by atoms with Crippen molar-refractivity contribution >= 4 is 10.8 Å². The topological polar surface area (TPSA) is 29.1 Å². The van der Waals surface area contributed by atoms with Crippen molar-refractivity contribution < 1.29 is 4.21 Å². The number of aryl methyl sites for hydroxylation is 1. The van der Waals surface area contributed by atoms with Gasteiger partial charge < -0.3 is 5.32 Å². The lowest BCUT2D eigenvalue weighted by Crippen LogP contribution is -2.12. The molecule has 3 heteroatoms. The van der Waals surface area contributed by atoms with Crippen molar-refractivity contribution in [2.24, 2.45) is 0 Å². The fourth-order valence-electron chi connectivity index (χ4n) is 1.82. The van der Waals surface area contributed by atoms with Crippen LogP contribution in [0.25, 0.3) is 0 Å². The summed E-state index contributed by atoms with van der Waals surface area (Å²) in [7, 11) is -0.860. The van der Waals surface area contributed by atoms with Crippen LogP contribution in [-0.2, 0) is 23.8 Å². The van der Waals surface area contributed by atoms with Crippen LogP contribution in [-0.4, -0.2) is 17.0 Å². The summed E-state index contributed by atoms with van der Waals surface area (Å²) in [5.41, 5.74) is 2.72. The highest BCUT2D eigenvalue weighted by Gasteiger charge is 2.08. The highest BCUT2D eigenvalue weighted by atomic mass is 32.2. The molecule has 0 saturated carbocycles. The Bertz CT molecular complexity index is 362. The molecule has 14 heavy (non-hydrogen) atoms. The van der Waals surface area contributed by atoms with E-state index in [-0.39, 0.29) is 0 Å². The molecule has 1 N–H and O–H groups in total. The summed E-state index contributed by atoms with van der Waals surface area (Å²) >= 11 is 0. The summed E-state index contributed by atoms with van der Waals surface area (Å²) in [6, 6.07) is 6.18. The summed E-state index contributed by atoms with van der Waals surface area (Å²) in [6.07, 6.45) is 4.06. The van der Waals surface area contributed by atoms with Crippen molar-refractivity contribution in [3.63, 3.8) is 0 Å². The lowest BCUT2D eigenvalue weighted by Gasteiger charge is -2.06. The molecule has 1 unspecified atom stereocenters. The second-order valence-corrected chi connectivity index (χ2v) is 5.04. The minimum atomic E-state index is -0.860. The molecule has 1 aliphatic heterocycles. The van der Waals surface area contributed by atoms with Gasteiger partial charge in [0, 0.05) is 28.5 Å². The van der Waals surface area contributed by atoms with Gasteiger partial charge in [-0.15, -0.1) is 0 Å². The first-order valence-electron chi connectivity index (χ1n) is 4.93. The van der Waals surface area contributed by atoms with Gasteiger partial charge in [0.2, 0.25) is 0 Å². The maximum absolute atomic E-state index is 11.3. The molecule has 1 aliphatic rings. The first-order valence-corrected chi connectivity index (χ1v) is 6.49. The van der Waals surface area contributed by atoms with Crippen LogP contribution in [0.4, 0.5) is 0 Å². The van der Waals surface area contributed by atoms with E-state index in [9.17, 15) is 4.21 Å². The molecule has 0 radical (unpaired) electrons. The Morgan fingerprint density at radius 1 is 1.36 bits per heavy atom. The highest BCUT2D eigenvalue weighted by molar-refractivity contribution is 7.84. The Balaban J connectivity index is 2.37. The van der Waals surface area contributed by atoms with Crippen molar-refractivity contribution in [1.29, 1.82) is 0 Å². The van der Waals surface area contributed by atoms with Gasteiger partial charge >= 0.3 is 0 Å². The molecule has 2 nitrogen and oxygen atoms in total. The predicted octanol–water partition coefficient (Wildman–Crippen LogP) is 1.46. The fourth-order valence-corrected chi connectivity index (χ4v) is 2.38. The summed E-state index contributed by atoms with van der Waals surface area (Å²) in [5.74, 6) is 0. The number of hydrogen-bond acceptors (Lipinski definition) is 2. The summed E-state index contributed by atoms with van der Waals surface area (Å²) in [4.78, 5) is 0.937. The lowest BCUT2D eigenvalue weighted by molar-refractivity contribution is 0.679. The predicted molar refractivity (Wildman–Crippen MR) is 58.8 cm³/mol. The number of fused-ring (bicyclic) bond motifs is 1. The Kier molecular flexibility index (Phi) is 2.99. The molecule has 0 amide bonds. The summed E-state index contributed by atoms with van der Waals surface area (Å²) < 4.78 is 11.3. The van der Waals surface area contributed by atoms with Crippen molar-refractivity contribution in [1.82, 2.24) is 5.32 Å². The monoisotopic (exact) mass is 209 g/mol. The summed E-state index contributed by atoms with van der Waals surface area (Å²) in [6.45, 7) is 2.00. The summed E-state index contributed by atoms with van der Waals surface area (Å²) in [5, 5.41) is 3.37. The zero-order chi connectivity index (χ0) is 9.97. The van der Waals surface area contributed by atoms with E-state index in [4.69, 9.17) is 0 Å². The van der Waals surface area contributed by atoms with Gasteiger partial charge in [-0.05, 0) is 42.6 Å². The second-order valence-electron chi connectivity index (χ2n) is 3.66. The number of benzene rings is 1. The Morgan fingerprint density at radius 3 is 3.00 bits per heavy atom. The maximum Gasteiger partial charge on any atom is 0.0498 e. The van der Waals surface area contributed by atoms with E-state index in [0.717, 1.165) is 24.4 Å². The average Bonchev–Trinajstić information content (AvgIpc) is 2.41. The van der Waals surface area contributed by atoms with Gasteiger partial charge in [-0.25, -0.2) is 0 Å². The molecule has 2 rings (SSSR count). The van der Waals surface area contributed by atoms with Gasteiger partial charge in [0.1, 0.15) is 0 Å². The van der Waals surface area contributed by atoms with Crippen molar-refractivity contribution in [2.45, 2.75) is 24.3 Å². The van der Waals surface area contributed by atoms with E-state index >= 15 is 0 Å². The minimum Gasteiger partial charge on any atom is -0.313 e. The highest BCUT2D eigenvalue weighted by Crippen LogP contribution is 2.17. The molecule has 0 fully saturated rings. The largest absolute Gasteiger partial charge is 0.313 e. The van der Waals surface area contributed by atoms with Gasteiger partial charge in [-0.3, -0.25) is 4.21 Å². The quantitative estimate of drug-likeness (QED) is 0.758. The van der Waals surface area contributed by atoms with Crippen molar-refractivity contribution in [2.75, 3.05) is 12.8 Å². The van der Waals surface area contributed by atoms with Gasteiger partial charge in [0.15, 0.2) is 0 Å². The molecule has 1 atom stereocenters. The van der Waals surface area contributed by atoms with Crippen LogP contribution in [0.5, 0.6) is 0 Å². The number of nitrogens with one attached hydrogen (secondary N) is 1. The van der Waals surface area contributed by atoms with Crippen LogP contribution in [0.1, 0.15) is 17.5 Å². The normalized spacial score (nSPS) is 18.4. The Hall–Kier alpha value is -0.670. The lowest BCUT2D eigenvalue weighted by atomic mass is 10.0. The van der Waals surface area contributed by atoms with Crippen LogP contribution in [0.15, 0.2) is 23.1 Å². The van der Waals surface area contributed by atoms with E-state index in [1.165, 1.54) is 17.5 Å². The van der Waals surface area contributed by atoms with Crippen LogP contribution in [0.2, 0.25) is 0 Å². The first kappa shape index (κ1) is 9.87. The molecular formula is C11H15NOS. The van der Waals surface area contributed by atoms with E-state index in [2.05, 4.69) is 17.4 Å². The van der Waals surface area contributed by atoms with E-state index in [1.54, 1.807) is 6.26 Å². The first-order chi connectivity index (χ1) is 6.77. The molecule has 0 spiro atoms. The Labute approximate surface area is 87.2 Å².